The Labute approximate surface area is 158 Å². The summed E-state index contributed by atoms with van der Waals surface area (Å²) in [5.41, 5.74) is 1.13. The van der Waals surface area contributed by atoms with Crippen LogP contribution < -0.4 is 20.9 Å². The maximum absolute atomic E-state index is 8.25. The molecule has 0 N–H and O–H groups in total. The van der Waals surface area contributed by atoms with Crippen LogP contribution in [0.3, 0.4) is 0 Å². The third-order valence-electron chi connectivity index (χ3n) is 3.47. The molecule has 0 spiro atoms. The van der Waals surface area contributed by atoms with Gasteiger partial charge < -0.3 is 35.3 Å². The number of nitrogens with zero attached hydrogens (tertiary/aromatic N) is 8. The standard InChI is InChI=1S/C16H9N8.O.Ti/c1-2-10-17-9(1)21-11-3-4-13(18-11)23-15-7-8-16(20-15)24-14-6-5-12(19-14)22-10;;/h1-9H;;/q-3;;. The predicted molar refractivity (Wildman–Crippen MR) is 89.6 cm³/mol. The summed E-state index contributed by atoms with van der Waals surface area (Å²) in [6.45, 7) is 0. The zero-order valence-electron chi connectivity index (χ0n) is 13.2. The van der Waals surface area contributed by atoms with E-state index in [1.54, 1.807) is 36.4 Å². The molecular formula is C16H9N8OTi-3. The molecule has 2 aromatic rings. The second-order valence-corrected chi connectivity index (χ2v) is 5.21. The summed E-state index contributed by atoms with van der Waals surface area (Å²) < 4.78 is 8.25. The molecule has 0 aromatic carbocycles. The first kappa shape index (κ1) is 16.4. The number of hydrogen-bond donors (Lipinski definition) is 0. The Morgan fingerprint density at radius 3 is 2.35 bits per heavy atom. The van der Waals surface area contributed by atoms with Gasteiger partial charge in [-0.05, 0) is 36.2 Å². The molecule has 3 aliphatic rings. The number of fused-ring (bicyclic) bond motifs is 7. The minimum absolute atomic E-state index is 0.331. The van der Waals surface area contributed by atoms with E-state index in [4.69, 9.17) is 3.32 Å². The Morgan fingerprint density at radius 2 is 1.50 bits per heavy atom. The van der Waals surface area contributed by atoms with Crippen molar-refractivity contribution in [3.8, 4) is 0 Å². The van der Waals surface area contributed by atoms with Gasteiger partial charge in [-0.2, -0.15) is 0 Å². The Morgan fingerprint density at radius 1 is 0.769 bits per heavy atom. The van der Waals surface area contributed by atoms with Gasteiger partial charge in [0.2, 0.25) is 0 Å². The van der Waals surface area contributed by atoms with E-state index < -0.39 is 0 Å². The molecule has 0 radical (unpaired) electrons. The first-order valence-corrected chi connectivity index (χ1v) is 8.18. The van der Waals surface area contributed by atoms with Gasteiger partial charge in [-0.25, -0.2) is 4.99 Å². The third kappa shape index (κ3) is 3.49. The zero-order chi connectivity index (χ0) is 17.9. The summed E-state index contributed by atoms with van der Waals surface area (Å²) >= 11 is 0.750. The fourth-order valence-corrected chi connectivity index (χ4v) is 2.43. The molecule has 126 valence electrons. The molecule has 8 bridgehead atoms. The molecule has 1 unspecified atom stereocenters. The van der Waals surface area contributed by atoms with Crippen LogP contribution in [0.25, 0.3) is 5.32 Å². The van der Waals surface area contributed by atoms with E-state index in [0.717, 1.165) is 20.4 Å². The van der Waals surface area contributed by atoms with Crippen LogP contribution in [0.1, 0.15) is 0 Å². The van der Waals surface area contributed by atoms with Crippen LogP contribution in [-0.4, -0.2) is 23.7 Å². The van der Waals surface area contributed by atoms with Gasteiger partial charge in [0.05, 0.1) is 11.7 Å². The summed E-state index contributed by atoms with van der Waals surface area (Å²) in [6.07, 6.45) is 6.91. The Kier molecular flexibility index (Phi) is 4.47. The van der Waals surface area contributed by atoms with Crippen molar-refractivity contribution in [3.05, 3.63) is 64.9 Å². The molecule has 5 rings (SSSR count). The van der Waals surface area contributed by atoms with Crippen LogP contribution in [-0.2, 0) is 23.7 Å². The van der Waals surface area contributed by atoms with E-state index in [2.05, 4.69) is 40.2 Å². The van der Waals surface area contributed by atoms with Gasteiger partial charge in [0.1, 0.15) is 0 Å². The van der Waals surface area contributed by atoms with Crippen LogP contribution in [0, 0.1) is 0 Å². The van der Waals surface area contributed by atoms with Crippen LogP contribution in [0.4, 0.5) is 11.6 Å². The van der Waals surface area contributed by atoms with Crippen molar-refractivity contribution in [2.75, 3.05) is 0 Å². The topological polar surface area (TPSA) is 121 Å². The monoisotopic (exact) mass is 377 g/mol. The molecule has 3 aliphatic heterocycles. The van der Waals surface area contributed by atoms with Gasteiger partial charge in [-0.1, -0.05) is 24.1 Å². The molecule has 5 heterocycles. The Balaban J connectivity index is 0.000000814. The fourth-order valence-electron chi connectivity index (χ4n) is 2.43. The first-order valence-electron chi connectivity index (χ1n) is 7.54. The van der Waals surface area contributed by atoms with Crippen molar-refractivity contribution >= 4 is 29.1 Å². The van der Waals surface area contributed by atoms with Gasteiger partial charge in [-0.3, -0.25) is 0 Å². The second kappa shape index (κ2) is 7.07. The Bertz CT molecular complexity index is 1120. The van der Waals surface area contributed by atoms with Crippen molar-refractivity contribution in [2.45, 2.75) is 6.17 Å². The van der Waals surface area contributed by atoms with Gasteiger partial charge in [-0.15, -0.1) is 0 Å². The first-order chi connectivity index (χ1) is 12.8. The van der Waals surface area contributed by atoms with Crippen LogP contribution >= 0.6 is 0 Å². The van der Waals surface area contributed by atoms with Gasteiger partial charge in [0.25, 0.3) is 0 Å². The third-order valence-corrected chi connectivity index (χ3v) is 3.47. The normalized spacial score (nSPS) is 24.5. The number of rotatable bonds is 0. The Hall–Kier alpha value is -3.04. The summed E-state index contributed by atoms with van der Waals surface area (Å²) in [4.78, 5) is 30.6. The van der Waals surface area contributed by atoms with E-state index in [1.165, 1.54) is 0 Å². The van der Waals surface area contributed by atoms with Crippen molar-refractivity contribution in [1.82, 2.24) is 9.97 Å². The minimum atomic E-state index is -0.331. The molecule has 0 amide bonds. The van der Waals surface area contributed by atoms with E-state index in [-0.39, 0.29) is 6.17 Å². The van der Waals surface area contributed by atoms with Gasteiger partial charge >= 0.3 is 23.7 Å². The van der Waals surface area contributed by atoms with Crippen LogP contribution in [0.15, 0.2) is 73.5 Å². The zero-order valence-corrected chi connectivity index (χ0v) is 14.7. The SMILES string of the molecule is C1=C/C2=N/c3ccc([n-]3)/N=C3/C=CC(/N=c4/ccc([n-]4)=NC1=N2)[N-]3.[O]=[Ti]. The molecule has 0 saturated heterocycles. The summed E-state index contributed by atoms with van der Waals surface area (Å²) in [5, 5.41) is 4.41. The van der Waals surface area contributed by atoms with Gasteiger partial charge in [0.15, 0.2) is 0 Å². The average molecular weight is 377 g/mol. The number of aliphatic imine (C=N–C) groups is 3. The molecular weight excluding hydrogens is 368 g/mol. The van der Waals surface area contributed by atoms with Crippen LogP contribution in [0.5, 0.6) is 0 Å². The number of aromatic nitrogens is 2. The predicted octanol–water partition coefficient (Wildman–Crippen LogP) is 0.731. The van der Waals surface area contributed by atoms with E-state index in [1.807, 2.05) is 12.2 Å². The number of hydrogen-bond acceptors (Lipinski definition) is 6. The van der Waals surface area contributed by atoms with Crippen LogP contribution in [0.2, 0.25) is 0 Å². The molecule has 2 aromatic heterocycles. The van der Waals surface area contributed by atoms with Gasteiger partial charge in [0, 0.05) is 23.0 Å². The molecule has 10 heteroatoms. The summed E-state index contributed by atoms with van der Waals surface area (Å²) in [6, 6.07) is 7.17. The van der Waals surface area contributed by atoms with Crippen molar-refractivity contribution in [2.24, 2.45) is 25.0 Å². The summed E-state index contributed by atoms with van der Waals surface area (Å²) in [5.74, 6) is 2.76. The maximum atomic E-state index is 8.25. The second-order valence-electron chi connectivity index (χ2n) is 5.21. The molecule has 0 saturated carbocycles. The quantitative estimate of drug-likeness (QED) is 0.629. The number of amidine groups is 3. The van der Waals surface area contributed by atoms with Crippen molar-refractivity contribution < 1.29 is 23.7 Å². The average Bonchev–Trinajstić information content (AvgIpc) is 3.42. The van der Waals surface area contributed by atoms with Crippen molar-refractivity contribution in [1.29, 1.82) is 0 Å². The molecule has 26 heavy (non-hydrogen) atoms. The van der Waals surface area contributed by atoms with E-state index >= 15 is 0 Å². The van der Waals surface area contributed by atoms with E-state index in [9.17, 15) is 0 Å². The molecule has 0 fully saturated rings. The van der Waals surface area contributed by atoms with E-state index in [0.29, 0.717) is 40.1 Å². The molecule has 1 atom stereocenters. The molecule has 9 nitrogen and oxygen atoms in total. The fraction of sp³-hybridized carbons (Fsp3) is 0.0625. The van der Waals surface area contributed by atoms with Crippen molar-refractivity contribution in [3.63, 3.8) is 0 Å². The summed E-state index contributed by atoms with van der Waals surface area (Å²) in [7, 11) is 0. The molecule has 0 aliphatic carbocycles.